The fourth-order valence-electron chi connectivity index (χ4n) is 2.92. The van der Waals surface area contributed by atoms with Crippen LogP contribution in [0.5, 0.6) is 0 Å². The second kappa shape index (κ2) is 7.29. The highest BCUT2D eigenvalue weighted by atomic mass is 32.2. The molecule has 7 heteroatoms. The van der Waals surface area contributed by atoms with Gasteiger partial charge in [-0.15, -0.1) is 10.2 Å². The predicted octanol–water partition coefficient (Wildman–Crippen LogP) is 4.40. The van der Waals surface area contributed by atoms with Crippen molar-refractivity contribution in [2.24, 2.45) is 0 Å². The third-order valence-corrected chi connectivity index (χ3v) is 5.43. The van der Waals surface area contributed by atoms with Crippen molar-refractivity contribution in [1.82, 2.24) is 14.8 Å². The number of nitro groups is 1. The average Bonchev–Trinajstić information content (AvgIpc) is 3.43. The molecule has 4 rings (SSSR count). The molecule has 6 nitrogen and oxygen atoms in total. The summed E-state index contributed by atoms with van der Waals surface area (Å²) in [5, 5.41) is 20.8. The molecular formula is C19H18N4O2S. The third-order valence-electron chi connectivity index (χ3n) is 4.42. The number of aromatic nitrogens is 3. The summed E-state index contributed by atoms with van der Waals surface area (Å²) in [6.07, 6.45) is 2.31. The van der Waals surface area contributed by atoms with Gasteiger partial charge < -0.3 is 4.57 Å². The Bertz CT molecular complexity index is 922. The molecule has 1 saturated carbocycles. The molecule has 1 aromatic heterocycles. The number of benzene rings is 2. The van der Waals surface area contributed by atoms with E-state index >= 15 is 0 Å². The summed E-state index contributed by atoms with van der Waals surface area (Å²) in [7, 11) is 0. The van der Waals surface area contributed by atoms with E-state index in [1.165, 1.54) is 17.3 Å². The minimum atomic E-state index is -0.333. The normalized spacial score (nSPS) is 13.7. The molecule has 0 spiro atoms. The molecule has 1 aliphatic rings. The quantitative estimate of drug-likeness (QED) is 0.352. The van der Waals surface area contributed by atoms with Gasteiger partial charge in [-0.1, -0.05) is 60.3 Å². The largest absolute Gasteiger partial charge is 0.301 e. The Hall–Kier alpha value is -2.67. The summed E-state index contributed by atoms with van der Waals surface area (Å²) in [6.45, 7) is 0.721. The molecule has 0 radical (unpaired) electrons. The number of para-hydroxylation sites is 1. The molecule has 0 bridgehead atoms. The van der Waals surface area contributed by atoms with Gasteiger partial charge in [0.15, 0.2) is 5.16 Å². The Morgan fingerprint density at radius 3 is 2.54 bits per heavy atom. The first-order valence-electron chi connectivity index (χ1n) is 8.54. The maximum absolute atomic E-state index is 11.2. The van der Waals surface area contributed by atoms with E-state index in [-0.39, 0.29) is 10.6 Å². The van der Waals surface area contributed by atoms with Crippen molar-refractivity contribution in [3.8, 4) is 0 Å². The SMILES string of the molecule is O=[N+]([O-])c1ccccc1CSc1nnc(C2CC2)n1Cc1ccccc1. The maximum atomic E-state index is 11.2. The molecule has 0 saturated heterocycles. The van der Waals surface area contributed by atoms with Gasteiger partial charge in [-0.2, -0.15) is 0 Å². The average molecular weight is 366 g/mol. The molecule has 132 valence electrons. The van der Waals surface area contributed by atoms with Gasteiger partial charge in [0.1, 0.15) is 5.82 Å². The van der Waals surface area contributed by atoms with Crippen molar-refractivity contribution < 1.29 is 4.92 Å². The van der Waals surface area contributed by atoms with Crippen molar-refractivity contribution in [2.45, 2.75) is 36.2 Å². The highest BCUT2D eigenvalue weighted by Crippen LogP contribution is 2.40. The molecule has 0 amide bonds. The number of nitro benzene ring substituents is 1. The Morgan fingerprint density at radius 2 is 1.81 bits per heavy atom. The van der Waals surface area contributed by atoms with E-state index in [0.717, 1.165) is 30.4 Å². The monoisotopic (exact) mass is 366 g/mol. The minimum absolute atomic E-state index is 0.150. The van der Waals surface area contributed by atoms with E-state index in [0.29, 0.717) is 17.2 Å². The highest BCUT2D eigenvalue weighted by Gasteiger charge is 2.30. The predicted molar refractivity (Wildman–Crippen MR) is 100 cm³/mol. The van der Waals surface area contributed by atoms with Gasteiger partial charge in [-0.25, -0.2) is 0 Å². The second-order valence-electron chi connectivity index (χ2n) is 6.36. The molecule has 1 aliphatic carbocycles. The van der Waals surface area contributed by atoms with Crippen molar-refractivity contribution in [3.63, 3.8) is 0 Å². The number of hydrogen-bond acceptors (Lipinski definition) is 5. The Labute approximate surface area is 155 Å². The summed E-state index contributed by atoms with van der Waals surface area (Å²) in [5.41, 5.74) is 2.04. The van der Waals surface area contributed by atoms with Gasteiger partial charge in [0.2, 0.25) is 0 Å². The van der Waals surface area contributed by atoms with Crippen LogP contribution in [0, 0.1) is 10.1 Å². The fourth-order valence-corrected chi connectivity index (χ4v) is 3.86. The van der Waals surface area contributed by atoms with Crippen LogP contribution in [-0.2, 0) is 12.3 Å². The van der Waals surface area contributed by atoms with Crippen molar-refractivity contribution in [1.29, 1.82) is 0 Å². The van der Waals surface area contributed by atoms with Crippen LogP contribution in [0.15, 0.2) is 59.8 Å². The van der Waals surface area contributed by atoms with E-state index in [1.54, 1.807) is 18.2 Å². The second-order valence-corrected chi connectivity index (χ2v) is 7.30. The van der Waals surface area contributed by atoms with E-state index in [2.05, 4.69) is 26.9 Å². The standard InChI is InChI=1S/C19H18N4O2S/c24-23(25)17-9-5-4-8-16(17)13-26-19-21-20-18(15-10-11-15)22(19)12-14-6-2-1-3-7-14/h1-9,15H,10-13H2. The summed E-state index contributed by atoms with van der Waals surface area (Å²) >= 11 is 1.50. The third kappa shape index (κ3) is 3.62. The summed E-state index contributed by atoms with van der Waals surface area (Å²) in [5.74, 6) is 2.01. The van der Waals surface area contributed by atoms with Crippen molar-refractivity contribution >= 4 is 17.4 Å². The van der Waals surface area contributed by atoms with Gasteiger partial charge in [0.25, 0.3) is 5.69 Å². The topological polar surface area (TPSA) is 73.8 Å². The van der Waals surface area contributed by atoms with E-state index < -0.39 is 0 Å². The molecular weight excluding hydrogens is 348 g/mol. The first-order valence-corrected chi connectivity index (χ1v) is 9.53. The molecule has 1 fully saturated rings. The molecule has 0 atom stereocenters. The smallest absolute Gasteiger partial charge is 0.273 e. The summed E-state index contributed by atoms with van der Waals surface area (Å²) in [4.78, 5) is 10.9. The molecule has 0 unspecified atom stereocenters. The van der Waals surface area contributed by atoms with Crippen molar-refractivity contribution in [3.05, 3.63) is 81.7 Å². The zero-order valence-electron chi connectivity index (χ0n) is 14.1. The minimum Gasteiger partial charge on any atom is -0.301 e. The van der Waals surface area contributed by atoms with Crippen LogP contribution < -0.4 is 0 Å². The molecule has 0 aliphatic heterocycles. The van der Waals surface area contributed by atoms with Gasteiger partial charge >= 0.3 is 0 Å². The number of rotatable bonds is 7. The lowest BCUT2D eigenvalue weighted by molar-refractivity contribution is -0.385. The lowest BCUT2D eigenvalue weighted by atomic mass is 10.2. The number of hydrogen-bond donors (Lipinski definition) is 0. The van der Waals surface area contributed by atoms with Gasteiger partial charge in [0.05, 0.1) is 11.5 Å². The van der Waals surface area contributed by atoms with Crippen LogP contribution in [0.4, 0.5) is 5.69 Å². The highest BCUT2D eigenvalue weighted by molar-refractivity contribution is 7.98. The van der Waals surface area contributed by atoms with Crippen LogP contribution in [0.25, 0.3) is 0 Å². The maximum Gasteiger partial charge on any atom is 0.273 e. The van der Waals surface area contributed by atoms with E-state index in [1.807, 2.05) is 24.3 Å². The Balaban J connectivity index is 1.58. The zero-order chi connectivity index (χ0) is 17.9. The Kier molecular flexibility index (Phi) is 4.71. The van der Waals surface area contributed by atoms with E-state index in [9.17, 15) is 10.1 Å². The van der Waals surface area contributed by atoms with Crippen LogP contribution >= 0.6 is 11.8 Å². The lowest BCUT2D eigenvalue weighted by Crippen LogP contribution is -2.06. The van der Waals surface area contributed by atoms with Crippen molar-refractivity contribution in [2.75, 3.05) is 0 Å². The first kappa shape index (κ1) is 16.8. The van der Waals surface area contributed by atoms with Crippen LogP contribution in [-0.4, -0.2) is 19.7 Å². The van der Waals surface area contributed by atoms with Gasteiger partial charge in [-0.05, 0) is 18.4 Å². The van der Waals surface area contributed by atoms with Gasteiger partial charge in [0, 0.05) is 23.3 Å². The van der Waals surface area contributed by atoms with Crippen LogP contribution in [0.2, 0.25) is 0 Å². The zero-order valence-corrected chi connectivity index (χ0v) is 14.9. The molecule has 1 heterocycles. The molecule has 2 aromatic carbocycles. The number of thioether (sulfide) groups is 1. The first-order chi connectivity index (χ1) is 12.7. The molecule has 3 aromatic rings. The van der Waals surface area contributed by atoms with Crippen LogP contribution in [0.3, 0.4) is 0 Å². The van der Waals surface area contributed by atoms with E-state index in [4.69, 9.17) is 0 Å². The Morgan fingerprint density at radius 1 is 1.08 bits per heavy atom. The summed E-state index contributed by atoms with van der Waals surface area (Å²) in [6, 6.07) is 17.1. The van der Waals surface area contributed by atoms with Gasteiger partial charge in [-0.3, -0.25) is 10.1 Å². The fraction of sp³-hybridized carbons (Fsp3) is 0.263. The lowest BCUT2D eigenvalue weighted by Gasteiger charge is -2.10. The molecule has 0 N–H and O–H groups in total. The number of nitrogens with zero attached hydrogens (tertiary/aromatic N) is 4. The molecule has 26 heavy (non-hydrogen) atoms. The van der Waals surface area contributed by atoms with Crippen LogP contribution in [0.1, 0.15) is 35.7 Å². The summed E-state index contributed by atoms with van der Waals surface area (Å²) < 4.78 is 2.16.